The van der Waals surface area contributed by atoms with Crippen LogP contribution in [0.25, 0.3) is 10.8 Å². The van der Waals surface area contributed by atoms with E-state index in [1.54, 1.807) is 24.3 Å². The zero-order chi connectivity index (χ0) is 19.4. The highest BCUT2D eigenvalue weighted by Gasteiger charge is 2.14. The van der Waals surface area contributed by atoms with Gasteiger partial charge in [0.1, 0.15) is 0 Å². The third kappa shape index (κ3) is 4.36. The van der Waals surface area contributed by atoms with Gasteiger partial charge < -0.3 is 20.7 Å². The van der Waals surface area contributed by atoms with Gasteiger partial charge in [0.25, 0.3) is 5.91 Å². The van der Waals surface area contributed by atoms with E-state index in [4.69, 9.17) is 10.5 Å². The third-order valence-electron chi connectivity index (χ3n) is 4.14. The van der Waals surface area contributed by atoms with E-state index in [1.807, 2.05) is 55.4 Å². The Morgan fingerprint density at radius 3 is 2.26 bits per heavy atom. The summed E-state index contributed by atoms with van der Waals surface area (Å²) in [7, 11) is 3.87. The molecule has 0 bridgehead atoms. The zero-order valence-electron chi connectivity index (χ0n) is 15.2. The van der Waals surface area contributed by atoms with E-state index in [0.29, 0.717) is 11.4 Å². The Labute approximate surface area is 157 Å². The van der Waals surface area contributed by atoms with Gasteiger partial charge in [-0.05, 0) is 47.2 Å². The summed E-state index contributed by atoms with van der Waals surface area (Å²) in [5.74, 6) is -1.04. The summed E-state index contributed by atoms with van der Waals surface area (Å²) in [4.78, 5) is 26.3. The van der Waals surface area contributed by atoms with Gasteiger partial charge >= 0.3 is 5.97 Å². The summed E-state index contributed by atoms with van der Waals surface area (Å²) in [6.45, 7) is -0.388. The molecule has 0 spiro atoms. The lowest BCUT2D eigenvalue weighted by Crippen LogP contribution is -2.21. The number of rotatable bonds is 5. The number of nitrogens with two attached hydrogens (primary N) is 1. The molecule has 6 heteroatoms. The van der Waals surface area contributed by atoms with Gasteiger partial charge in [-0.2, -0.15) is 0 Å². The molecule has 0 aliphatic heterocycles. The van der Waals surface area contributed by atoms with Crippen LogP contribution in [0.15, 0.2) is 60.7 Å². The van der Waals surface area contributed by atoms with Crippen LogP contribution >= 0.6 is 0 Å². The molecule has 27 heavy (non-hydrogen) atoms. The second kappa shape index (κ2) is 7.78. The van der Waals surface area contributed by atoms with Gasteiger partial charge in [0.15, 0.2) is 6.61 Å². The Bertz CT molecular complexity index is 982. The molecule has 3 rings (SSSR count). The van der Waals surface area contributed by atoms with Crippen molar-refractivity contribution in [2.75, 3.05) is 36.7 Å². The Morgan fingerprint density at radius 2 is 1.63 bits per heavy atom. The number of hydrogen-bond donors (Lipinski definition) is 2. The lowest BCUT2D eigenvalue weighted by molar-refractivity contribution is -0.119. The van der Waals surface area contributed by atoms with Crippen molar-refractivity contribution >= 4 is 39.7 Å². The van der Waals surface area contributed by atoms with Crippen LogP contribution in [-0.2, 0) is 9.53 Å². The van der Waals surface area contributed by atoms with E-state index in [0.717, 1.165) is 16.5 Å². The topological polar surface area (TPSA) is 84.7 Å². The van der Waals surface area contributed by atoms with E-state index in [1.165, 1.54) is 0 Å². The van der Waals surface area contributed by atoms with E-state index in [9.17, 15) is 9.59 Å². The molecule has 0 heterocycles. The zero-order valence-corrected chi connectivity index (χ0v) is 15.2. The molecule has 0 radical (unpaired) electrons. The summed E-state index contributed by atoms with van der Waals surface area (Å²) in [5, 5.41) is 4.51. The molecule has 3 N–H and O–H groups in total. The van der Waals surface area contributed by atoms with Crippen molar-refractivity contribution in [2.24, 2.45) is 0 Å². The number of nitrogens with one attached hydrogen (secondary N) is 1. The second-order valence-electron chi connectivity index (χ2n) is 6.35. The summed E-state index contributed by atoms with van der Waals surface area (Å²) < 4.78 is 5.11. The van der Waals surface area contributed by atoms with Crippen molar-refractivity contribution in [3.8, 4) is 0 Å². The third-order valence-corrected chi connectivity index (χ3v) is 4.14. The molecule has 0 aliphatic rings. The number of nitrogen functional groups attached to an aromatic ring is 1. The molecule has 138 valence electrons. The van der Waals surface area contributed by atoms with Crippen LogP contribution in [0.3, 0.4) is 0 Å². The number of ether oxygens (including phenoxy) is 1. The highest BCUT2D eigenvalue weighted by atomic mass is 16.5. The van der Waals surface area contributed by atoms with Crippen molar-refractivity contribution < 1.29 is 14.3 Å². The predicted molar refractivity (Wildman–Crippen MR) is 108 cm³/mol. The molecule has 0 aliphatic carbocycles. The van der Waals surface area contributed by atoms with Crippen LogP contribution in [-0.4, -0.2) is 32.6 Å². The molecule has 0 saturated carbocycles. The minimum Gasteiger partial charge on any atom is -0.452 e. The molecular weight excluding hydrogens is 342 g/mol. The maximum atomic E-state index is 12.3. The first-order valence-electron chi connectivity index (χ1n) is 8.46. The van der Waals surface area contributed by atoms with E-state index < -0.39 is 11.9 Å². The number of hydrogen-bond acceptors (Lipinski definition) is 5. The van der Waals surface area contributed by atoms with Crippen molar-refractivity contribution in [3.63, 3.8) is 0 Å². The Hall–Kier alpha value is -3.54. The standard InChI is InChI=1S/C21H21N3O3/c1-24(2)17-9-7-16(8-10-17)23-20(25)13-27-21(26)18-11-14-5-3-4-6-15(14)12-19(18)22/h3-12H,13,22H2,1-2H3,(H,23,25). The average Bonchev–Trinajstić information content (AvgIpc) is 2.66. The van der Waals surface area contributed by atoms with Crippen molar-refractivity contribution in [2.45, 2.75) is 0 Å². The fraction of sp³-hybridized carbons (Fsp3) is 0.143. The van der Waals surface area contributed by atoms with Gasteiger partial charge in [-0.15, -0.1) is 0 Å². The Kier molecular flexibility index (Phi) is 5.26. The largest absolute Gasteiger partial charge is 0.452 e. The van der Waals surface area contributed by atoms with Gasteiger partial charge in [-0.25, -0.2) is 4.79 Å². The molecular formula is C21H21N3O3. The first-order valence-corrected chi connectivity index (χ1v) is 8.46. The monoisotopic (exact) mass is 363 g/mol. The lowest BCUT2D eigenvalue weighted by Gasteiger charge is -2.13. The predicted octanol–water partition coefficient (Wildman–Crippen LogP) is 3.28. The number of benzene rings is 3. The fourth-order valence-electron chi connectivity index (χ4n) is 2.68. The minimum atomic E-state index is -0.628. The van der Waals surface area contributed by atoms with Gasteiger partial charge in [0.05, 0.1) is 5.56 Å². The number of fused-ring (bicyclic) bond motifs is 1. The quantitative estimate of drug-likeness (QED) is 0.537. The molecule has 3 aromatic rings. The SMILES string of the molecule is CN(C)c1ccc(NC(=O)COC(=O)c2cc3ccccc3cc2N)cc1. The van der Waals surface area contributed by atoms with Crippen molar-refractivity contribution in [1.82, 2.24) is 0 Å². The van der Waals surface area contributed by atoms with Gasteiger partial charge in [-0.3, -0.25) is 4.79 Å². The first-order chi connectivity index (χ1) is 12.9. The maximum absolute atomic E-state index is 12.3. The Balaban J connectivity index is 1.61. The molecule has 0 unspecified atom stereocenters. The fourth-order valence-corrected chi connectivity index (χ4v) is 2.68. The van der Waals surface area contributed by atoms with Gasteiger partial charge in [-0.1, -0.05) is 24.3 Å². The average molecular weight is 363 g/mol. The summed E-state index contributed by atoms with van der Waals surface area (Å²) >= 11 is 0. The molecule has 0 fully saturated rings. The number of carbonyl (C=O) groups is 2. The van der Waals surface area contributed by atoms with Crippen LogP contribution < -0.4 is 16.0 Å². The number of esters is 1. The van der Waals surface area contributed by atoms with Gasteiger partial charge in [0.2, 0.25) is 0 Å². The molecule has 6 nitrogen and oxygen atoms in total. The van der Waals surface area contributed by atoms with Crippen LogP contribution in [0.1, 0.15) is 10.4 Å². The molecule has 0 atom stereocenters. The van der Waals surface area contributed by atoms with E-state index >= 15 is 0 Å². The number of carbonyl (C=O) groups excluding carboxylic acids is 2. The van der Waals surface area contributed by atoms with Crippen LogP contribution in [0.4, 0.5) is 17.1 Å². The highest BCUT2D eigenvalue weighted by Crippen LogP contribution is 2.22. The van der Waals surface area contributed by atoms with Crippen molar-refractivity contribution in [1.29, 1.82) is 0 Å². The normalized spacial score (nSPS) is 10.4. The lowest BCUT2D eigenvalue weighted by atomic mass is 10.1. The van der Waals surface area contributed by atoms with E-state index in [2.05, 4.69) is 5.32 Å². The Morgan fingerprint density at radius 1 is 1.00 bits per heavy atom. The molecule has 3 aromatic carbocycles. The smallest absolute Gasteiger partial charge is 0.340 e. The molecule has 0 aromatic heterocycles. The molecule has 0 saturated heterocycles. The highest BCUT2D eigenvalue weighted by molar-refractivity contribution is 6.02. The number of amides is 1. The number of anilines is 3. The van der Waals surface area contributed by atoms with Crippen LogP contribution in [0, 0.1) is 0 Å². The van der Waals surface area contributed by atoms with Gasteiger partial charge in [0, 0.05) is 31.2 Å². The summed E-state index contributed by atoms with van der Waals surface area (Å²) in [6.07, 6.45) is 0. The summed E-state index contributed by atoms with van der Waals surface area (Å²) in [6, 6.07) is 18.3. The second-order valence-corrected chi connectivity index (χ2v) is 6.35. The maximum Gasteiger partial charge on any atom is 0.340 e. The van der Waals surface area contributed by atoms with Crippen molar-refractivity contribution in [3.05, 3.63) is 66.2 Å². The first kappa shape index (κ1) is 18.3. The van der Waals surface area contributed by atoms with Crippen LogP contribution in [0.2, 0.25) is 0 Å². The molecule has 1 amide bonds. The number of nitrogens with zero attached hydrogens (tertiary/aromatic N) is 1. The van der Waals surface area contributed by atoms with Crippen LogP contribution in [0.5, 0.6) is 0 Å². The minimum absolute atomic E-state index is 0.247. The van der Waals surface area contributed by atoms with E-state index in [-0.39, 0.29) is 12.2 Å². The summed E-state index contributed by atoms with van der Waals surface area (Å²) in [5.41, 5.74) is 8.17.